The zero-order valence-electron chi connectivity index (χ0n) is 10.8. The molecule has 20 heavy (non-hydrogen) atoms. The maximum atomic E-state index is 11.4. The Labute approximate surface area is 122 Å². The number of thiocarbonyl (C=S) groups is 1. The molecule has 2 aromatic rings. The van der Waals surface area contributed by atoms with Gasteiger partial charge in [-0.05, 0) is 23.7 Å². The molecule has 1 saturated heterocycles. The number of esters is 1. The number of hydrogen-bond acceptors (Lipinski definition) is 3. The van der Waals surface area contributed by atoms with Gasteiger partial charge in [0, 0.05) is 17.5 Å². The molecule has 1 heterocycles. The van der Waals surface area contributed by atoms with Crippen molar-refractivity contribution < 1.29 is 9.53 Å². The molecule has 0 spiro atoms. The van der Waals surface area contributed by atoms with Gasteiger partial charge in [0.25, 0.3) is 0 Å². The first-order valence-electron chi connectivity index (χ1n) is 6.46. The predicted octanol–water partition coefficient (Wildman–Crippen LogP) is 2.44. The molecule has 2 N–H and O–H groups in total. The third-order valence-electron chi connectivity index (χ3n) is 3.28. The lowest BCUT2D eigenvalue weighted by Crippen LogP contribution is -2.40. The van der Waals surface area contributed by atoms with E-state index in [0.29, 0.717) is 18.1 Å². The average Bonchev–Trinajstić information content (AvgIpc) is 2.85. The lowest BCUT2D eigenvalue weighted by Gasteiger charge is -2.14. The maximum Gasteiger partial charge on any atom is 0.328 e. The van der Waals surface area contributed by atoms with Crippen molar-refractivity contribution in [2.75, 3.05) is 11.9 Å². The van der Waals surface area contributed by atoms with Gasteiger partial charge in [0.05, 0.1) is 6.61 Å². The van der Waals surface area contributed by atoms with E-state index in [4.69, 9.17) is 17.0 Å². The molecule has 0 radical (unpaired) electrons. The van der Waals surface area contributed by atoms with Gasteiger partial charge in [-0.1, -0.05) is 36.4 Å². The van der Waals surface area contributed by atoms with Gasteiger partial charge >= 0.3 is 5.97 Å². The van der Waals surface area contributed by atoms with Crippen molar-refractivity contribution in [1.29, 1.82) is 0 Å². The zero-order valence-corrected chi connectivity index (χ0v) is 11.6. The Kier molecular flexibility index (Phi) is 3.52. The average molecular weight is 286 g/mol. The third kappa shape index (κ3) is 2.58. The number of anilines is 1. The number of hydrogen-bond donors (Lipinski definition) is 2. The van der Waals surface area contributed by atoms with Gasteiger partial charge in [-0.2, -0.15) is 0 Å². The minimum absolute atomic E-state index is 0.243. The van der Waals surface area contributed by atoms with Crippen molar-refractivity contribution >= 4 is 39.8 Å². The molecule has 1 aliphatic rings. The summed E-state index contributed by atoms with van der Waals surface area (Å²) in [6.07, 6.45) is 0.649. The molecule has 2 aromatic carbocycles. The summed E-state index contributed by atoms with van der Waals surface area (Å²) in [5, 5.41) is 8.80. The first-order chi connectivity index (χ1) is 9.74. The Bertz CT molecular complexity index is 666. The second kappa shape index (κ2) is 5.46. The number of ether oxygens (including phenoxy) is 1. The lowest BCUT2D eigenvalue weighted by atomic mass is 10.1. The van der Waals surface area contributed by atoms with Crippen molar-refractivity contribution in [2.45, 2.75) is 12.5 Å². The number of carbonyl (C=O) groups excluding carboxylic acids is 1. The van der Waals surface area contributed by atoms with Crippen molar-refractivity contribution in [3.8, 4) is 0 Å². The SMILES string of the molecule is O=C1OCC[C@@H]1NC(=S)Nc1cccc2ccccc12. The Hall–Kier alpha value is -2.14. The van der Waals surface area contributed by atoms with Crippen LogP contribution in [0, 0.1) is 0 Å². The first kappa shape index (κ1) is 12.9. The molecule has 0 amide bonds. The maximum absolute atomic E-state index is 11.4. The van der Waals surface area contributed by atoms with Crippen LogP contribution in [0.4, 0.5) is 5.69 Å². The van der Waals surface area contributed by atoms with E-state index in [1.54, 1.807) is 0 Å². The molecule has 0 aromatic heterocycles. The summed E-state index contributed by atoms with van der Waals surface area (Å²) in [5.74, 6) is -0.243. The number of nitrogens with one attached hydrogen (secondary N) is 2. The quantitative estimate of drug-likeness (QED) is 0.656. The van der Waals surface area contributed by atoms with E-state index < -0.39 is 0 Å². The van der Waals surface area contributed by atoms with Crippen molar-refractivity contribution in [3.63, 3.8) is 0 Å². The normalized spacial score (nSPS) is 17.8. The second-order valence-corrected chi connectivity index (χ2v) is 5.04. The van der Waals surface area contributed by atoms with Gasteiger partial charge in [0.15, 0.2) is 5.11 Å². The Morgan fingerprint density at radius 3 is 2.80 bits per heavy atom. The van der Waals surface area contributed by atoms with E-state index in [-0.39, 0.29) is 12.0 Å². The summed E-state index contributed by atoms with van der Waals surface area (Å²) in [4.78, 5) is 11.4. The summed E-state index contributed by atoms with van der Waals surface area (Å²) in [6, 6.07) is 13.7. The minimum Gasteiger partial charge on any atom is -0.464 e. The standard InChI is InChI=1S/C15H14N2O2S/c18-14-13(8-9-19-14)17-15(20)16-12-7-3-5-10-4-1-2-6-11(10)12/h1-7,13H,8-9H2,(H2,16,17,20)/t13-/m0/s1. The van der Waals surface area contributed by atoms with Crippen molar-refractivity contribution in [1.82, 2.24) is 5.32 Å². The van der Waals surface area contributed by atoms with Crippen LogP contribution in [0.5, 0.6) is 0 Å². The third-order valence-corrected chi connectivity index (χ3v) is 3.50. The van der Waals surface area contributed by atoms with Crippen LogP contribution >= 0.6 is 12.2 Å². The van der Waals surface area contributed by atoms with Gasteiger partial charge < -0.3 is 15.4 Å². The van der Waals surface area contributed by atoms with Gasteiger partial charge in [0.1, 0.15) is 6.04 Å². The molecule has 1 atom stereocenters. The summed E-state index contributed by atoms with van der Waals surface area (Å²) in [5.41, 5.74) is 0.923. The largest absolute Gasteiger partial charge is 0.464 e. The molecular weight excluding hydrogens is 272 g/mol. The van der Waals surface area contributed by atoms with Crippen molar-refractivity contribution in [3.05, 3.63) is 42.5 Å². The van der Waals surface area contributed by atoms with Gasteiger partial charge in [-0.15, -0.1) is 0 Å². The first-order valence-corrected chi connectivity index (χ1v) is 6.87. The second-order valence-electron chi connectivity index (χ2n) is 4.63. The van der Waals surface area contributed by atoms with E-state index >= 15 is 0 Å². The Morgan fingerprint density at radius 1 is 1.20 bits per heavy atom. The molecule has 0 aliphatic carbocycles. The smallest absolute Gasteiger partial charge is 0.328 e. The molecule has 3 rings (SSSR count). The highest BCUT2D eigenvalue weighted by molar-refractivity contribution is 7.80. The van der Waals surface area contributed by atoms with Crippen LogP contribution in [0.25, 0.3) is 10.8 Å². The number of benzene rings is 2. The monoisotopic (exact) mass is 286 g/mol. The highest BCUT2D eigenvalue weighted by atomic mass is 32.1. The van der Waals surface area contributed by atoms with E-state index in [1.807, 2.05) is 42.5 Å². The van der Waals surface area contributed by atoms with Gasteiger partial charge in [-0.3, -0.25) is 0 Å². The van der Waals surface area contributed by atoms with Crippen LogP contribution in [-0.4, -0.2) is 23.7 Å². The topological polar surface area (TPSA) is 50.4 Å². The molecule has 4 nitrogen and oxygen atoms in total. The highest BCUT2D eigenvalue weighted by Gasteiger charge is 2.26. The molecular formula is C15H14N2O2S. The van der Waals surface area contributed by atoms with E-state index in [0.717, 1.165) is 16.5 Å². The van der Waals surface area contributed by atoms with Crippen LogP contribution < -0.4 is 10.6 Å². The molecule has 0 unspecified atom stereocenters. The lowest BCUT2D eigenvalue weighted by molar-refractivity contribution is -0.139. The fraction of sp³-hybridized carbons (Fsp3) is 0.200. The minimum atomic E-state index is -0.343. The van der Waals surface area contributed by atoms with E-state index in [9.17, 15) is 4.79 Å². The fourth-order valence-electron chi connectivity index (χ4n) is 2.28. The summed E-state index contributed by atoms with van der Waals surface area (Å²) < 4.78 is 4.90. The molecule has 0 bridgehead atoms. The van der Waals surface area contributed by atoms with Crippen LogP contribution in [0.3, 0.4) is 0 Å². The van der Waals surface area contributed by atoms with Crippen LogP contribution in [0.2, 0.25) is 0 Å². The highest BCUT2D eigenvalue weighted by Crippen LogP contribution is 2.22. The Morgan fingerprint density at radius 2 is 2.00 bits per heavy atom. The molecule has 1 aliphatic heterocycles. The Balaban J connectivity index is 1.76. The fourth-order valence-corrected chi connectivity index (χ4v) is 2.53. The van der Waals surface area contributed by atoms with Crippen LogP contribution in [0.15, 0.2) is 42.5 Å². The van der Waals surface area contributed by atoms with Crippen molar-refractivity contribution in [2.24, 2.45) is 0 Å². The number of cyclic esters (lactones) is 1. The predicted molar refractivity (Wildman–Crippen MR) is 82.7 cm³/mol. The molecule has 0 saturated carbocycles. The van der Waals surface area contributed by atoms with Gasteiger partial charge in [-0.25, -0.2) is 4.79 Å². The number of fused-ring (bicyclic) bond motifs is 1. The summed E-state index contributed by atoms with van der Waals surface area (Å²) >= 11 is 5.26. The zero-order chi connectivity index (χ0) is 13.9. The van der Waals surface area contributed by atoms with E-state index in [1.165, 1.54) is 0 Å². The van der Waals surface area contributed by atoms with E-state index in [2.05, 4.69) is 10.6 Å². The number of rotatable bonds is 2. The van der Waals surface area contributed by atoms with Crippen LogP contribution in [0.1, 0.15) is 6.42 Å². The number of carbonyl (C=O) groups is 1. The van der Waals surface area contributed by atoms with Crippen LogP contribution in [-0.2, 0) is 9.53 Å². The summed E-state index contributed by atoms with van der Waals surface area (Å²) in [6.45, 7) is 0.452. The summed E-state index contributed by atoms with van der Waals surface area (Å²) in [7, 11) is 0. The molecule has 102 valence electrons. The van der Waals surface area contributed by atoms with Gasteiger partial charge in [0.2, 0.25) is 0 Å². The molecule has 1 fully saturated rings. The molecule has 5 heteroatoms.